The van der Waals surface area contributed by atoms with E-state index in [0.29, 0.717) is 17.9 Å². The van der Waals surface area contributed by atoms with Gasteiger partial charge in [0.15, 0.2) is 5.82 Å². The summed E-state index contributed by atoms with van der Waals surface area (Å²) in [5.74, 6) is 0.912. The molecular weight excluding hydrogens is 295 g/mol. The largest absolute Gasteiger partial charge is 0.420 e. The monoisotopic (exact) mass is 303 g/mol. The Hall–Kier alpha value is -1.83. The predicted octanol–water partition coefficient (Wildman–Crippen LogP) is 3.49. The Bertz CT molecular complexity index is 635. The van der Waals surface area contributed by atoms with Gasteiger partial charge in [-0.25, -0.2) is 9.97 Å². The first kappa shape index (κ1) is 13.2. The molecule has 3 rings (SSSR count). The molecule has 2 heterocycles. The fourth-order valence-electron chi connectivity index (χ4n) is 1.73. The summed E-state index contributed by atoms with van der Waals surface area (Å²) in [4.78, 5) is 7.16. The molecule has 0 spiro atoms. The summed E-state index contributed by atoms with van der Waals surface area (Å²) >= 11 is 5.51. The molecule has 9 heteroatoms. The number of rotatable bonds is 3. The third-order valence-corrected chi connectivity index (χ3v) is 3.19. The molecule has 0 saturated heterocycles. The maximum absolute atomic E-state index is 12.5. The maximum Gasteiger partial charge on any atom is 0.420 e. The Labute approximate surface area is 116 Å². The van der Waals surface area contributed by atoms with E-state index in [-0.39, 0.29) is 5.95 Å². The van der Waals surface area contributed by atoms with Gasteiger partial charge in [0, 0.05) is 23.9 Å². The summed E-state index contributed by atoms with van der Waals surface area (Å²) in [6.45, 7) is 0. The van der Waals surface area contributed by atoms with Crippen molar-refractivity contribution in [1.29, 1.82) is 0 Å². The highest BCUT2D eigenvalue weighted by molar-refractivity contribution is 6.30. The number of alkyl halides is 3. The third kappa shape index (κ3) is 2.69. The lowest BCUT2D eigenvalue weighted by Gasteiger charge is -2.08. The van der Waals surface area contributed by atoms with Crippen molar-refractivity contribution in [2.45, 2.75) is 24.9 Å². The van der Waals surface area contributed by atoms with E-state index < -0.39 is 16.9 Å². The normalized spacial score (nSPS) is 15.4. The van der Waals surface area contributed by atoms with E-state index in [1.807, 2.05) is 0 Å². The molecular formula is C11H9ClF3N5. The van der Waals surface area contributed by atoms with E-state index in [2.05, 4.69) is 25.5 Å². The summed E-state index contributed by atoms with van der Waals surface area (Å²) in [5.41, 5.74) is -0.0732. The summed E-state index contributed by atoms with van der Waals surface area (Å²) in [7, 11) is 0. The zero-order chi connectivity index (χ0) is 14.3. The van der Waals surface area contributed by atoms with Crippen molar-refractivity contribution in [3.63, 3.8) is 0 Å². The van der Waals surface area contributed by atoms with Gasteiger partial charge >= 0.3 is 6.18 Å². The average molecular weight is 304 g/mol. The van der Waals surface area contributed by atoms with Crippen molar-refractivity contribution in [2.75, 3.05) is 5.32 Å². The Morgan fingerprint density at radius 1 is 1.35 bits per heavy atom. The molecule has 2 N–H and O–H groups in total. The molecule has 0 aliphatic heterocycles. The van der Waals surface area contributed by atoms with Crippen LogP contribution in [-0.2, 0) is 6.18 Å². The molecule has 1 fully saturated rings. The number of aromatic nitrogens is 4. The molecule has 0 bridgehead atoms. The van der Waals surface area contributed by atoms with Gasteiger partial charge in [-0.15, -0.1) is 0 Å². The number of nitrogens with zero attached hydrogens (tertiary/aromatic N) is 3. The van der Waals surface area contributed by atoms with Crippen molar-refractivity contribution < 1.29 is 13.2 Å². The van der Waals surface area contributed by atoms with E-state index in [4.69, 9.17) is 11.6 Å². The number of nitrogens with one attached hydrogen (secondary N) is 2. The maximum atomic E-state index is 12.5. The molecule has 1 saturated carbocycles. The average Bonchev–Trinajstić information content (AvgIpc) is 3.09. The first-order valence-corrected chi connectivity index (χ1v) is 6.23. The van der Waals surface area contributed by atoms with Gasteiger partial charge in [0.2, 0.25) is 5.95 Å². The second-order valence-electron chi connectivity index (χ2n) is 4.50. The van der Waals surface area contributed by atoms with Gasteiger partial charge < -0.3 is 5.32 Å². The van der Waals surface area contributed by atoms with E-state index in [9.17, 15) is 13.2 Å². The van der Waals surface area contributed by atoms with Crippen LogP contribution in [0, 0.1) is 0 Å². The van der Waals surface area contributed by atoms with Gasteiger partial charge in [0.25, 0.3) is 0 Å². The van der Waals surface area contributed by atoms with Gasteiger partial charge in [0.1, 0.15) is 10.7 Å². The first-order chi connectivity index (χ1) is 9.43. The van der Waals surface area contributed by atoms with Crippen LogP contribution in [0.15, 0.2) is 12.3 Å². The van der Waals surface area contributed by atoms with Gasteiger partial charge in [0.05, 0.1) is 0 Å². The standard InChI is InChI=1S/C11H9ClF3N5/c12-9-6(11(13,14)15)4-16-10(18-9)17-8-3-7(19-20-8)5-1-2-5/h3-5H,1-2H2,(H2,16,17,18,19,20). The van der Waals surface area contributed by atoms with E-state index in [1.165, 1.54) is 0 Å². The van der Waals surface area contributed by atoms with Crippen LogP contribution in [0.4, 0.5) is 24.9 Å². The van der Waals surface area contributed by atoms with Crippen molar-refractivity contribution in [3.05, 3.63) is 28.7 Å². The zero-order valence-corrected chi connectivity index (χ0v) is 10.8. The number of H-pyrrole nitrogens is 1. The lowest BCUT2D eigenvalue weighted by atomic mass is 10.3. The van der Waals surface area contributed by atoms with E-state index in [0.717, 1.165) is 18.5 Å². The topological polar surface area (TPSA) is 66.5 Å². The molecule has 106 valence electrons. The Morgan fingerprint density at radius 2 is 2.10 bits per heavy atom. The quantitative estimate of drug-likeness (QED) is 0.852. The summed E-state index contributed by atoms with van der Waals surface area (Å²) < 4.78 is 37.5. The highest BCUT2D eigenvalue weighted by Crippen LogP contribution is 2.39. The van der Waals surface area contributed by atoms with Crippen LogP contribution in [-0.4, -0.2) is 20.2 Å². The zero-order valence-electron chi connectivity index (χ0n) is 10.00. The Morgan fingerprint density at radius 3 is 2.70 bits per heavy atom. The van der Waals surface area contributed by atoms with Crippen LogP contribution >= 0.6 is 11.6 Å². The lowest BCUT2D eigenvalue weighted by molar-refractivity contribution is -0.137. The Kier molecular flexibility index (Phi) is 3.04. The van der Waals surface area contributed by atoms with Crippen LogP contribution in [0.1, 0.15) is 30.0 Å². The summed E-state index contributed by atoms with van der Waals surface area (Å²) in [6.07, 6.45) is -1.69. The smallest absolute Gasteiger partial charge is 0.307 e. The summed E-state index contributed by atoms with van der Waals surface area (Å²) in [5, 5.41) is 8.91. The molecule has 5 nitrogen and oxygen atoms in total. The number of halogens is 4. The van der Waals surface area contributed by atoms with Crippen molar-refractivity contribution in [3.8, 4) is 0 Å². The molecule has 1 aliphatic carbocycles. The molecule has 1 aliphatic rings. The van der Waals surface area contributed by atoms with Crippen LogP contribution in [0.2, 0.25) is 5.15 Å². The van der Waals surface area contributed by atoms with Crippen LogP contribution in [0.3, 0.4) is 0 Å². The second-order valence-corrected chi connectivity index (χ2v) is 4.86. The van der Waals surface area contributed by atoms with Crippen LogP contribution in [0.5, 0.6) is 0 Å². The van der Waals surface area contributed by atoms with E-state index in [1.54, 1.807) is 6.07 Å². The molecule has 0 unspecified atom stereocenters. The van der Waals surface area contributed by atoms with Gasteiger partial charge in [-0.05, 0) is 12.8 Å². The SMILES string of the molecule is FC(F)(F)c1cnc(Nc2cc(C3CC3)[nH]n2)nc1Cl. The molecule has 20 heavy (non-hydrogen) atoms. The minimum absolute atomic E-state index is 0.0307. The van der Waals surface area contributed by atoms with Crippen molar-refractivity contribution >= 4 is 23.4 Å². The number of aromatic amines is 1. The van der Waals surface area contributed by atoms with Crippen LogP contribution < -0.4 is 5.32 Å². The molecule has 0 amide bonds. The number of hydrogen-bond donors (Lipinski definition) is 2. The van der Waals surface area contributed by atoms with E-state index >= 15 is 0 Å². The molecule has 0 radical (unpaired) electrons. The van der Waals surface area contributed by atoms with Crippen LogP contribution in [0.25, 0.3) is 0 Å². The van der Waals surface area contributed by atoms with Gasteiger partial charge in [-0.2, -0.15) is 18.3 Å². The van der Waals surface area contributed by atoms with Crippen molar-refractivity contribution in [1.82, 2.24) is 20.2 Å². The minimum atomic E-state index is -4.57. The number of anilines is 2. The second kappa shape index (κ2) is 4.62. The van der Waals surface area contributed by atoms with Gasteiger partial charge in [-0.1, -0.05) is 11.6 Å². The first-order valence-electron chi connectivity index (χ1n) is 5.85. The minimum Gasteiger partial charge on any atom is -0.307 e. The number of hydrogen-bond acceptors (Lipinski definition) is 4. The Balaban J connectivity index is 1.78. The highest BCUT2D eigenvalue weighted by Gasteiger charge is 2.34. The fourth-order valence-corrected chi connectivity index (χ4v) is 1.97. The highest BCUT2D eigenvalue weighted by atomic mass is 35.5. The third-order valence-electron chi connectivity index (χ3n) is 2.90. The summed E-state index contributed by atoms with van der Waals surface area (Å²) in [6, 6.07) is 1.78. The lowest BCUT2D eigenvalue weighted by Crippen LogP contribution is -2.09. The molecule has 0 atom stereocenters. The fraction of sp³-hybridized carbons (Fsp3) is 0.364. The van der Waals surface area contributed by atoms with Gasteiger partial charge in [-0.3, -0.25) is 5.10 Å². The van der Waals surface area contributed by atoms with Crippen molar-refractivity contribution in [2.24, 2.45) is 0 Å². The molecule has 2 aromatic rings. The predicted molar refractivity (Wildman–Crippen MR) is 65.9 cm³/mol. The molecule has 0 aromatic carbocycles. The molecule has 2 aromatic heterocycles.